The van der Waals surface area contributed by atoms with E-state index in [4.69, 9.17) is 0 Å². The minimum Gasteiger partial charge on any atom is -0.392 e. The summed E-state index contributed by atoms with van der Waals surface area (Å²) in [6.07, 6.45) is 2.12. The van der Waals surface area contributed by atoms with Crippen molar-refractivity contribution in [3.63, 3.8) is 0 Å². The fraction of sp³-hybridized carbons (Fsp3) is 0.294. The molecule has 0 aromatic heterocycles. The summed E-state index contributed by atoms with van der Waals surface area (Å²) in [6.45, 7) is 0. The largest absolute Gasteiger partial charge is 0.392 e. The second kappa shape index (κ2) is 5.14. The molecule has 2 heteroatoms. The third kappa shape index (κ3) is 2.69. The zero-order valence-electron chi connectivity index (χ0n) is 10.7. The molecule has 0 heterocycles. The van der Waals surface area contributed by atoms with Crippen LogP contribution in [0.5, 0.6) is 0 Å². The number of benzene rings is 2. The molecular weight excluding hydrogens is 239 g/mol. The van der Waals surface area contributed by atoms with Crippen molar-refractivity contribution in [3.05, 3.63) is 71.0 Å². The summed E-state index contributed by atoms with van der Waals surface area (Å²) in [5, 5.41) is 10.4. The fourth-order valence-corrected chi connectivity index (χ4v) is 2.89. The van der Waals surface area contributed by atoms with Gasteiger partial charge < -0.3 is 5.11 Å². The van der Waals surface area contributed by atoms with Crippen molar-refractivity contribution in [3.8, 4) is 0 Å². The molecule has 98 valence electrons. The maximum absolute atomic E-state index is 12.8. The Labute approximate surface area is 112 Å². The number of rotatable bonds is 3. The highest BCUT2D eigenvalue weighted by Crippen LogP contribution is 2.29. The molecule has 3 rings (SSSR count). The van der Waals surface area contributed by atoms with Crippen LogP contribution >= 0.6 is 0 Å². The van der Waals surface area contributed by atoms with Crippen molar-refractivity contribution >= 4 is 0 Å². The Kier molecular flexibility index (Phi) is 3.34. The van der Waals surface area contributed by atoms with Crippen molar-refractivity contribution < 1.29 is 9.50 Å². The predicted molar refractivity (Wildman–Crippen MR) is 73.5 cm³/mol. The Hall–Kier alpha value is -1.67. The van der Waals surface area contributed by atoms with Gasteiger partial charge in [0.1, 0.15) is 5.82 Å². The van der Waals surface area contributed by atoms with Crippen molar-refractivity contribution in [1.82, 2.24) is 0 Å². The van der Waals surface area contributed by atoms with E-state index in [1.807, 2.05) is 12.1 Å². The van der Waals surface area contributed by atoms with Gasteiger partial charge in [0.2, 0.25) is 0 Å². The summed E-state index contributed by atoms with van der Waals surface area (Å²) in [5.74, 6) is 0.0500. The van der Waals surface area contributed by atoms with Gasteiger partial charge in [-0.1, -0.05) is 36.4 Å². The molecule has 1 aliphatic carbocycles. The summed E-state index contributed by atoms with van der Waals surface area (Å²) < 4.78 is 12.8. The van der Waals surface area contributed by atoms with Gasteiger partial charge in [-0.25, -0.2) is 4.39 Å². The molecule has 0 radical (unpaired) electrons. The van der Waals surface area contributed by atoms with E-state index < -0.39 is 0 Å². The summed E-state index contributed by atoms with van der Waals surface area (Å²) in [6, 6.07) is 14.8. The van der Waals surface area contributed by atoms with Crippen LogP contribution in [0.2, 0.25) is 0 Å². The second-order valence-electron chi connectivity index (χ2n) is 5.33. The molecule has 0 saturated carbocycles. The van der Waals surface area contributed by atoms with E-state index in [1.165, 1.54) is 23.3 Å². The van der Waals surface area contributed by atoms with Crippen molar-refractivity contribution in [2.24, 2.45) is 5.92 Å². The number of aliphatic hydroxyl groups excluding tert-OH is 1. The first-order chi connectivity index (χ1) is 9.22. The predicted octanol–water partition coefficient (Wildman–Crippen LogP) is 3.14. The molecule has 2 aromatic carbocycles. The lowest BCUT2D eigenvalue weighted by molar-refractivity contribution is 0.113. The van der Waals surface area contributed by atoms with Gasteiger partial charge in [0, 0.05) is 0 Å². The minimum absolute atomic E-state index is 0.230. The molecule has 0 saturated heterocycles. The van der Waals surface area contributed by atoms with Gasteiger partial charge in [0.25, 0.3) is 0 Å². The Balaban J connectivity index is 1.66. The molecule has 0 amide bonds. The maximum Gasteiger partial charge on any atom is 0.123 e. The van der Waals surface area contributed by atoms with E-state index in [2.05, 4.69) is 12.1 Å². The molecular formula is C17H17FO. The SMILES string of the molecule is OC(Cc1ccc(F)cc1)C1Cc2ccccc2C1. The Morgan fingerprint density at radius 2 is 1.58 bits per heavy atom. The normalized spacial score (nSPS) is 16.3. The van der Waals surface area contributed by atoms with Crippen molar-refractivity contribution in [1.29, 1.82) is 0 Å². The highest BCUT2D eigenvalue weighted by atomic mass is 19.1. The first-order valence-corrected chi connectivity index (χ1v) is 6.71. The first kappa shape index (κ1) is 12.4. The zero-order chi connectivity index (χ0) is 13.2. The van der Waals surface area contributed by atoms with Gasteiger partial charge in [0.15, 0.2) is 0 Å². The molecule has 1 aliphatic rings. The van der Waals surface area contributed by atoms with Gasteiger partial charge in [0.05, 0.1) is 6.10 Å². The third-order valence-corrected chi connectivity index (χ3v) is 3.98. The molecule has 1 N–H and O–H groups in total. The zero-order valence-corrected chi connectivity index (χ0v) is 10.7. The molecule has 0 spiro atoms. The van der Waals surface area contributed by atoms with Crippen LogP contribution in [0, 0.1) is 11.7 Å². The van der Waals surface area contributed by atoms with Crippen LogP contribution < -0.4 is 0 Å². The van der Waals surface area contributed by atoms with Gasteiger partial charge in [-0.2, -0.15) is 0 Å². The summed E-state index contributed by atoms with van der Waals surface area (Å²) in [4.78, 5) is 0. The van der Waals surface area contributed by atoms with Crippen LogP contribution in [0.15, 0.2) is 48.5 Å². The van der Waals surface area contributed by atoms with E-state index in [1.54, 1.807) is 12.1 Å². The van der Waals surface area contributed by atoms with Crippen LogP contribution in [0.1, 0.15) is 16.7 Å². The van der Waals surface area contributed by atoms with Crippen LogP contribution in [-0.4, -0.2) is 11.2 Å². The Bertz CT molecular complexity index is 537. The molecule has 1 unspecified atom stereocenters. The quantitative estimate of drug-likeness (QED) is 0.894. The fourth-order valence-electron chi connectivity index (χ4n) is 2.89. The molecule has 0 aliphatic heterocycles. The lowest BCUT2D eigenvalue weighted by atomic mass is 9.94. The van der Waals surface area contributed by atoms with E-state index >= 15 is 0 Å². The molecule has 1 atom stereocenters. The Morgan fingerprint density at radius 3 is 2.16 bits per heavy atom. The van der Waals surface area contributed by atoms with Crippen molar-refractivity contribution in [2.75, 3.05) is 0 Å². The third-order valence-electron chi connectivity index (χ3n) is 3.98. The lowest BCUT2D eigenvalue weighted by Crippen LogP contribution is -2.23. The molecule has 1 nitrogen and oxygen atoms in total. The van der Waals surface area contributed by atoms with Crippen LogP contribution in [0.25, 0.3) is 0 Å². The number of fused-ring (bicyclic) bond motifs is 1. The minimum atomic E-state index is -0.363. The number of halogens is 1. The van der Waals surface area contributed by atoms with Crippen molar-refractivity contribution in [2.45, 2.75) is 25.4 Å². The van der Waals surface area contributed by atoms with Crippen LogP contribution in [0.4, 0.5) is 4.39 Å². The number of hydrogen-bond acceptors (Lipinski definition) is 1. The van der Waals surface area contributed by atoms with Crippen LogP contribution in [-0.2, 0) is 19.3 Å². The first-order valence-electron chi connectivity index (χ1n) is 6.71. The van der Waals surface area contributed by atoms with E-state index in [0.717, 1.165) is 18.4 Å². The lowest BCUT2D eigenvalue weighted by Gasteiger charge is -2.17. The van der Waals surface area contributed by atoms with Gasteiger partial charge >= 0.3 is 0 Å². The van der Waals surface area contributed by atoms with E-state index in [9.17, 15) is 9.50 Å². The average molecular weight is 256 g/mol. The standard InChI is InChI=1S/C17H17FO/c18-16-7-5-12(6-8-16)9-17(19)15-10-13-3-1-2-4-14(13)11-15/h1-8,15,17,19H,9-11H2. The molecule has 19 heavy (non-hydrogen) atoms. The van der Waals surface area contributed by atoms with Gasteiger partial charge in [-0.3, -0.25) is 0 Å². The average Bonchev–Trinajstić information content (AvgIpc) is 2.85. The Morgan fingerprint density at radius 1 is 1.00 bits per heavy atom. The molecule has 0 fully saturated rings. The maximum atomic E-state index is 12.8. The van der Waals surface area contributed by atoms with E-state index in [0.29, 0.717) is 6.42 Å². The highest BCUT2D eigenvalue weighted by Gasteiger charge is 2.27. The highest BCUT2D eigenvalue weighted by molar-refractivity contribution is 5.32. The number of hydrogen-bond donors (Lipinski definition) is 1. The monoisotopic (exact) mass is 256 g/mol. The smallest absolute Gasteiger partial charge is 0.123 e. The molecule has 2 aromatic rings. The summed E-state index contributed by atoms with van der Waals surface area (Å²) in [7, 11) is 0. The summed E-state index contributed by atoms with van der Waals surface area (Å²) in [5.41, 5.74) is 3.70. The van der Waals surface area contributed by atoms with Crippen LogP contribution in [0.3, 0.4) is 0 Å². The molecule has 0 bridgehead atoms. The topological polar surface area (TPSA) is 20.2 Å². The number of aliphatic hydroxyl groups is 1. The van der Waals surface area contributed by atoms with Gasteiger partial charge in [-0.05, 0) is 54.0 Å². The van der Waals surface area contributed by atoms with Gasteiger partial charge in [-0.15, -0.1) is 0 Å². The second-order valence-corrected chi connectivity index (χ2v) is 5.33. The van der Waals surface area contributed by atoms with E-state index in [-0.39, 0.29) is 17.8 Å². The summed E-state index contributed by atoms with van der Waals surface area (Å²) >= 11 is 0.